The molecule has 0 saturated carbocycles. The van der Waals surface area contributed by atoms with E-state index in [0.29, 0.717) is 22.7 Å². The topological polar surface area (TPSA) is 67.3 Å². The van der Waals surface area contributed by atoms with Crippen molar-refractivity contribution in [3.05, 3.63) is 42.0 Å². The highest BCUT2D eigenvalue weighted by Gasteiger charge is 2.23. The molecule has 4 aromatic rings. The van der Waals surface area contributed by atoms with Crippen molar-refractivity contribution in [1.29, 1.82) is 0 Å². The molecule has 0 amide bonds. The van der Waals surface area contributed by atoms with Crippen molar-refractivity contribution < 1.29 is 13.9 Å². The standard InChI is InChI=1S/C21H21FN4O2/c1-12-14-5-8-26(13-4-3-7-25(2)11-13)21(14)24-23-18(12)16-10-17(22)20-15(19(16)27)6-9-28-20/h5-6,8-10,13,27H,3-4,7,11H2,1-2H3/t13-/m1/s1. The quantitative estimate of drug-likeness (QED) is 0.563. The highest BCUT2D eigenvalue weighted by atomic mass is 19.1. The van der Waals surface area contributed by atoms with Crippen molar-refractivity contribution >= 4 is 22.0 Å². The first kappa shape index (κ1) is 17.2. The van der Waals surface area contributed by atoms with Crippen LogP contribution in [0.3, 0.4) is 0 Å². The van der Waals surface area contributed by atoms with E-state index >= 15 is 0 Å². The molecule has 5 rings (SSSR count). The number of rotatable bonds is 2. The van der Waals surface area contributed by atoms with Gasteiger partial charge in [0.15, 0.2) is 17.0 Å². The zero-order chi connectivity index (χ0) is 19.4. The number of aromatic nitrogens is 3. The third-order valence-electron chi connectivity index (χ3n) is 5.80. The van der Waals surface area contributed by atoms with E-state index in [2.05, 4.69) is 32.9 Å². The van der Waals surface area contributed by atoms with Crippen LogP contribution in [0.25, 0.3) is 33.3 Å². The maximum Gasteiger partial charge on any atom is 0.173 e. The van der Waals surface area contributed by atoms with Crippen molar-refractivity contribution in [3.63, 3.8) is 0 Å². The van der Waals surface area contributed by atoms with Gasteiger partial charge in [0.25, 0.3) is 0 Å². The van der Waals surface area contributed by atoms with E-state index in [0.717, 1.165) is 42.5 Å². The van der Waals surface area contributed by atoms with Crippen LogP contribution in [-0.2, 0) is 0 Å². The van der Waals surface area contributed by atoms with E-state index in [1.165, 1.54) is 12.3 Å². The van der Waals surface area contributed by atoms with Gasteiger partial charge >= 0.3 is 0 Å². The van der Waals surface area contributed by atoms with Gasteiger partial charge in [0.2, 0.25) is 0 Å². The van der Waals surface area contributed by atoms with Gasteiger partial charge in [-0.3, -0.25) is 0 Å². The molecule has 0 spiro atoms. The molecule has 0 unspecified atom stereocenters. The Labute approximate surface area is 161 Å². The normalized spacial score (nSPS) is 18.3. The van der Waals surface area contributed by atoms with Crippen molar-refractivity contribution in [1.82, 2.24) is 19.7 Å². The minimum absolute atomic E-state index is 0.0421. The smallest absolute Gasteiger partial charge is 0.173 e. The summed E-state index contributed by atoms with van der Waals surface area (Å²) in [6.07, 6.45) is 5.68. The predicted molar refractivity (Wildman–Crippen MR) is 105 cm³/mol. The molecule has 3 aromatic heterocycles. The summed E-state index contributed by atoms with van der Waals surface area (Å²) in [6.45, 7) is 4.03. The summed E-state index contributed by atoms with van der Waals surface area (Å²) in [5.41, 5.74) is 2.53. The predicted octanol–water partition coefficient (Wildman–Crippen LogP) is 4.26. The molecular formula is C21H21FN4O2. The zero-order valence-electron chi connectivity index (χ0n) is 15.8. The lowest BCUT2D eigenvalue weighted by molar-refractivity contribution is 0.214. The second-order valence-electron chi connectivity index (χ2n) is 7.61. The Kier molecular flexibility index (Phi) is 3.87. The monoisotopic (exact) mass is 380 g/mol. The first-order chi connectivity index (χ1) is 13.5. The van der Waals surface area contributed by atoms with Crippen molar-refractivity contribution in [2.45, 2.75) is 25.8 Å². The van der Waals surface area contributed by atoms with Crippen LogP contribution in [0.2, 0.25) is 0 Å². The molecule has 4 heterocycles. The SMILES string of the molecule is Cc1c(-c2cc(F)c3occc3c2O)nnc2c1ccn2[C@@H]1CCCN(C)C1. The second kappa shape index (κ2) is 6.31. The van der Waals surface area contributed by atoms with E-state index in [9.17, 15) is 9.50 Å². The minimum Gasteiger partial charge on any atom is -0.506 e. The lowest BCUT2D eigenvalue weighted by Crippen LogP contribution is -2.33. The van der Waals surface area contributed by atoms with Crippen LogP contribution in [0.1, 0.15) is 24.4 Å². The average Bonchev–Trinajstić information content (AvgIpc) is 3.33. The summed E-state index contributed by atoms with van der Waals surface area (Å²) in [7, 11) is 2.14. The number of likely N-dealkylation sites (N-methyl/N-ethyl adjacent to an activating group) is 1. The van der Waals surface area contributed by atoms with Crippen molar-refractivity contribution in [3.8, 4) is 17.0 Å². The highest BCUT2D eigenvalue weighted by Crippen LogP contribution is 2.39. The van der Waals surface area contributed by atoms with Crippen LogP contribution in [0.4, 0.5) is 4.39 Å². The van der Waals surface area contributed by atoms with Crippen LogP contribution in [0.15, 0.2) is 35.1 Å². The first-order valence-corrected chi connectivity index (χ1v) is 9.46. The van der Waals surface area contributed by atoms with Gasteiger partial charge in [0, 0.05) is 29.7 Å². The van der Waals surface area contributed by atoms with Gasteiger partial charge < -0.3 is 19.0 Å². The average molecular weight is 380 g/mol. The molecule has 1 N–H and O–H groups in total. The van der Waals surface area contributed by atoms with E-state index in [-0.39, 0.29) is 11.3 Å². The molecule has 1 atom stereocenters. The Morgan fingerprint density at radius 3 is 2.93 bits per heavy atom. The summed E-state index contributed by atoms with van der Waals surface area (Å²) in [6, 6.07) is 5.20. The van der Waals surface area contributed by atoms with Crippen molar-refractivity contribution in [2.75, 3.05) is 20.1 Å². The van der Waals surface area contributed by atoms with Crippen LogP contribution >= 0.6 is 0 Å². The van der Waals surface area contributed by atoms with Crippen LogP contribution in [0.5, 0.6) is 5.75 Å². The number of hydrogen-bond donors (Lipinski definition) is 1. The summed E-state index contributed by atoms with van der Waals surface area (Å²) in [4.78, 5) is 2.33. The number of phenols is 1. The molecular weight excluding hydrogens is 359 g/mol. The number of hydrogen-bond acceptors (Lipinski definition) is 5. The molecule has 6 nitrogen and oxygen atoms in total. The van der Waals surface area contributed by atoms with E-state index in [1.807, 2.05) is 13.0 Å². The molecule has 0 aliphatic carbocycles. The lowest BCUT2D eigenvalue weighted by atomic mass is 10.0. The first-order valence-electron chi connectivity index (χ1n) is 9.46. The summed E-state index contributed by atoms with van der Waals surface area (Å²) in [5, 5.41) is 20.8. The fourth-order valence-corrected chi connectivity index (χ4v) is 4.32. The van der Waals surface area contributed by atoms with Gasteiger partial charge in [-0.15, -0.1) is 10.2 Å². The number of aryl methyl sites for hydroxylation is 1. The molecule has 1 aromatic carbocycles. The van der Waals surface area contributed by atoms with E-state index < -0.39 is 5.82 Å². The largest absolute Gasteiger partial charge is 0.506 e. The lowest BCUT2D eigenvalue weighted by Gasteiger charge is -2.30. The molecule has 1 saturated heterocycles. The second-order valence-corrected chi connectivity index (χ2v) is 7.61. The Balaban J connectivity index is 1.65. The molecule has 0 bridgehead atoms. The van der Waals surface area contributed by atoms with Crippen LogP contribution in [-0.4, -0.2) is 44.9 Å². The Hall–Kier alpha value is -2.93. The maximum absolute atomic E-state index is 14.4. The number of piperidine rings is 1. The number of furan rings is 1. The Bertz CT molecular complexity index is 1200. The molecule has 0 radical (unpaired) electrons. The molecule has 144 valence electrons. The third kappa shape index (κ3) is 2.50. The molecule has 1 aliphatic heterocycles. The van der Waals surface area contributed by atoms with Crippen LogP contribution < -0.4 is 0 Å². The molecule has 7 heteroatoms. The van der Waals surface area contributed by atoms with Crippen LogP contribution in [0, 0.1) is 12.7 Å². The summed E-state index contributed by atoms with van der Waals surface area (Å²) in [5.74, 6) is -0.577. The highest BCUT2D eigenvalue weighted by molar-refractivity contribution is 5.94. The Morgan fingerprint density at radius 1 is 1.25 bits per heavy atom. The number of benzene rings is 1. The number of phenolic OH excluding ortho intramolecular Hbond substituents is 1. The maximum atomic E-state index is 14.4. The van der Waals surface area contributed by atoms with E-state index in [4.69, 9.17) is 4.42 Å². The van der Waals surface area contributed by atoms with E-state index in [1.54, 1.807) is 6.07 Å². The number of likely N-dealkylation sites (tertiary alicyclic amines) is 1. The van der Waals surface area contributed by atoms with Gasteiger partial charge in [-0.2, -0.15) is 0 Å². The Morgan fingerprint density at radius 2 is 2.11 bits per heavy atom. The fraction of sp³-hybridized carbons (Fsp3) is 0.333. The number of aromatic hydroxyl groups is 1. The van der Waals surface area contributed by atoms with Gasteiger partial charge in [0.1, 0.15) is 11.4 Å². The van der Waals surface area contributed by atoms with Gasteiger partial charge in [-0.1, -0.05) is 0 Å². The molecule has 28 heavy (non-hydrogen) atoms. The number of halogens is 1. The van der Waals surface area contributed by atoms with Gasteiger partial charge in [-0.25, -0.2) is 4.39 Å². The van der Waals surface area contributed by atoms with Gasteiger partial charge in [0.05, 0.1) is 11.6 Å². The summed E-state index contributed by atoms with van der Waals surface area (Å²) < 4.78 is 21.7. The molecule has 1 fully saturated rings. The zero-order valence-corrected chi connectivity index (χ0v) is 15.8. The fourth-order valence-electron chi connectivity index (χ4n) is 4.32. The number of nitrogens with zero attached hydrogens (tertiary/aromatic N) is 4. The van der Waals surface area contributed by atoms with Crippen molar-refractivity contribution in [2.24, 2.45) is 0 Å². The third-order valence-corrected chi connectivity index (χ3v) is 5.80. The number of fused-ring (bicyclic) bond motifs is 2. The van der Waals surface area contributed by atoms with Gasteiger partial charge in [-0.05, 0) is 57.1 Å². The summed E-state index contributed by atoms with van der Waals surface area (Å²) >= 11 is 0. The molecule has 1 aliphatic rings. The minimum atomic E-state index is -0.531.